The molecule has 7 heteroatoms. The van der Waals surface area contributed by atoms with E-state index in [4.69, 9.17) is 20.9 Å². The Bertz CT molecular complexity index is 477. The molecule has 0 fully saturated rings. The summed E-state index contributed by atoms with van der Waals surface area (Å²) in [6, 6.07) is 4.86. The minimum Gasteiger partial charge on any atom is -0.462 e. The number of nitrogens with one attached hydrogen (secondary N) is 1. The molecule has 0 aliphatic heterocycles. The number of nitrogen functional groups attached to an aromatic ring is 1. The smallest absolute Gasteiger partial charge is 0.338 e. The molecular weight excluding hydrogens is 262 g/mol. The van der Waals surface area contributed by atoms with E-state index in [1.54, 1.807) is 25.1 Å². The molecule has 0 aliphatic carbocycles. The van der Waals surface area contributed by atoms with E-state index in [-0.39, 0.29) is 6.61 Å². The van der Waals surface area contributed by atoms with Crippen LogP contribution in [0.15, 0.2) is 18.2 Å². The number of amides is 1. The summed E-state index contributed by atoms with van der Waals surface area (Å²) in [7, 11) is 0. The number of hydrogen-bond acceptors (Lipinski definition) is 6. The van der Waals surface area contributed by atoms with Gasteiger partial charge in [0.1, 0.15) is 6.61 Å². The minimum atomic E-state index is -0.511. The lowest BCUT2D eigenvalue weighted by Gasteiger charge is -2.10. The minimum absolute atomic E-state index is 0.112. The van der Waals surface area contributed by atoms with Crippen LogP contribution in [0.4, 0.5) is 11.4 Å². The molecule has 0 saturated carbocycles. The van der Waals surface area contributed by atoms with Crippen LogP contribution in [0.25, 0.3) is 0 Å². The van der Waals surface area contributed by atoms with Gasteiger partial charge in [-0.1, -0.05) is 0 Å². The fourth-order valence-corrected chi connectivity index (χ4v) is 1.50. The molecule has 1 rings (SSSR count). The standard InChI is InChI=1S/C13H19N3O4/c1-2-20-13(18)9-3-4-11(10(14)7-9)16-5-6-19-8-12(15)17/h3-4,7,16H,2,5-6,8,14H2,1H3,(H2,15,17). The highest BCUT2D eigenvalue weighted by Crippen LogP contribution is 2.20. The van der Waals surface area contributed by atoms with E-state index >= 15 is 0 Å². The Kier molecular flexibility index (Phi) is 6.31. The topological polar surface area (TPSA) is 117 Å². The first-order chi connectivity index (χ1) is 9.54. The second-order valence-corrected chi connectivity index (χ2v) is 3.97. The van der Waals surface area contributed by atoms with Gasteiger partial charge in [-0.2, -0.15) is 0 Å². The summed E-state index contributed by atoms with van der Waals surface area (Å²) in [5.41, 5.74) is 12.3. The van der Waals surface area contributed by atoms with Gasteiger partial charge >= 0.3 is 5.97 Å². The fraction of sp³-hybridized carbons (Fsp3) is 0.385. The second kappa shape index (κ2) is 8.00. The summed E-state index contributed by atoms with van der Waals surface area (Å²) in [6.07, 6.45) is 0. The summed E-state index contributed by atoms with van der Waals surface area (Å²) >= 11 is 0. The maximum absolute atomic E-state index is 11.5. The number of primary amides is 1. The van der Waals surface area contributed by atoms with Crippen LogP contribution in [-0.2, 0) is 14.3 Å². The molecule has 0 heterocycles. The Morgan fingerprint density at radius 3 is 2.70 bits per heavy atom. The zero-order valence-electron chi connectivity index (χ0n) is 11.3. The van der Waals surface area contributed by atoms with Crippen molar-refractivity contribution in [2.45, 2.75) is 6.92 Å². The fourth-order valence-electron chi connectivity index (χ4n) is 1.50. The third kappa shape index (κ3) is 5.15. The molecule has 0 bridgehead atoms. The van der Waals surface area contributed by atoms with Crippen molar-refractivity contribution in [3.8, 4) is 0 Å². The molecule has 1 aromatic carbocycles. The van der Waals surface area contributed by atoms with E-state index in [2.05, 4.69) is 5.32 Å². The Hall–Kier alpha value is -2.28. The average Bonchev–Trinajstić information content (AvgIpc) is 2.39. The van der Waals surface area contributed by atoms with Gasteiger partial charge in [-0.25, -0.2) is 4.79 Å². The summed E-state index contributed by atoms with van der Waals surface area (Å²) in [4.78, 5) is 22.0. The van der Waals surface area contributed by atoms with Crippen molar-refractivity contribution >= 4 is 23.3 Å². The molecule has 20 heavy (non-hydrogen) atoms. The van der Waals surface area contributed by atoms with Crippen molar-refractivity contribution < 1.29 is 19.1 Å². The quantitative estimate of drug-likeness (QED) is 0.360. The SMILES string of the molecule is CCOC(=O)c1ccc(NCCOCC(N)=O)c(N)c1. The summed E-state index contributed by atoms with van der Waals surface area (Å²) in [5, 5.41) is 3.03. The van der Waals surface area contributed by atoms with Gasteiger partial charge in [0.05, 0.1) is 30.2 Å². The lowest BCUT2D eigenvalue weighted by atomic mass is 10.1. The van der Waals surface area contributed by atoms with Crippen LogP contribution < -0.4 is 16.8 Å². The van der Waals surface area contributed by atoms with Crippen molar-refractivity contribution in [3.63, 3.8) is 0 Å². The number of rotatable bonds is 8. The number of carbonyl (C=O) groups is 2. The molecular formula is C13H19N3O4. The highest BCUT2D eigenvalue weighted by atomic mass is 16.5. The Labute approximate surface area is 117 Å². The molecule has 1 aromatic rings. The maximum atomic E-state index is 11.5. The highest BCUT2D eigenvalue weighted by Gasteiger charge is 2.08. The van der Waals surface area contributed by atoms with Crippen molar-refractivity contribution in [2.24, 2.45) is 5.73 Å². The lowest BCUT2D eigenvalue weighted by molar-refractivity contribution is -0.122. The summed E-state index contributed by atoms with van der Waals surface area (Å²) < 4.78 is 9.88. The summed E-state index contributed by atoms with van der Waals surface area (Å²) in [5.74, 6) is -0.918. The highest BCUT2D eigenvalue weighted by molar-refractivity contribution is 5.91. The van der Waals surface area contributed by atoms with E-state index in [9.17, 15) is 9.59 Å². The first kappa shape index (κ1) is 15.8. The van der Waals surface area contributed by atoms with Crippen LogP contribution in [-0.4, -0.2) is 38.2 Å². The van der Waals surface area contributed by atoms with E-state index in [0.29, 0.717) is 36.7 Å². The molecule has 0 spiro atoms. The first-order valence-corrected chi connectivity index (χ1v) is 6.21. The number of hydrogen-bond donors (Lipinski definition) is 3. The molecule has 0 aromatic heterocycles. The monoisotopic (exact) mass is 281 g/mol. The number of nitrogens with two attached hydrogens (primary N) is 2. The van der Waals surface area contributed by atoms with Crippen LogP contribution in [0.3, 0.4) is 0 Å². The largest absolute Gasteiger partial charge is 0.462 e. The van der Waals surface area contributed by atoms with E-state index in [0.717, 1.165) is 0 Å². The third-order valence-corrected chi connectivity index (χ3v) is 2.37. The van der Waals surface area contributed by atoms with Crippen molar-refractivity contribution in [1.82, 2.24) is 0 Å². The number of carbonyl (C=O) groups excluding carboxylic acids is 2. The molecule has 1 amide bonds. The molecule has 7 nitrogen and oxygen atoms in total. The Morgan fingerprint density at radius 2 is 2.10 bits per heavy atom. The number of benzene rings is 1. The van der Waals surface area contributed by atoms with Gasteiger partial charge in [0.15, 0.2) is 0 Å². The number of anilines is 2. The molecule has 0 unspecified atom stereocenters. The average molecular weight is 281 g/mol. The van der Waals surface area contributed by atoms with Gasteiger partial charge in [-0.15, -0.1) is 0 Å². The van der Waals surface area contributed by atoms with Gasteiger partial charge in [-0.05, 0) is 25.1 Å². The molecule has 5 N–H and O–H groups in total. The van der Waals surface area contributed by atoms with Gasteiger partial charge in [-0.3, -0.25) is 4.79 Å². The number of ether oxygens (including phenoxy) is 2. The Morgan fingerprint density at radius 1 is 1.35 bits per heavy atom. The number of esters is 1. The van der Waals surface area contributed by atoms with Crippen LogP contribution in [0.1, 0.15) is 17.3 Å². The van der Waals surface area contributed by atoms with Crippen molar-refractivity contribution in [1.29, 1.82) is 0 Å². The van der Waals surface area contributed by atoms with Crippen LogP contribution >= 0.6 is 0 Å². The molecule has 0 saturated heterocycles. The van der Waals surface area contributed by atoms with E-state index < -0.39 is 11.9 Å². The van der Waals surface area contributed by atoms with Gasteiger partial charge in [0.25, 0.3) is 0 Å². The first-order valence-electron chi connectivity index (χ1n) is 6.21. The van der Waals surface area contributed by atoms with E-state index in [1.165, 1.54) is 0 Å². The van der Waals surface area contributed by atoms with Gasteiger partial charge in [0, 0.05) is 6.54 Å². The van der Waals surface area contributed by atoms with Crippen LogP contribution in [0.5, 0.6) is 0 Å². The molecule has 110 valence electrons. The predicted octanol–water partition coefficient (Wildman–Crippen LogP) is 0.359. The maximum Gasteiger partial charge on any atom is 0.338 e. The van der Waals surface area contributed by atoms with Gasteiger partial charge in [0.2, 0.25) is 5.91 Å². The van der Waals surface area contributed by atoms with Crippen LogP contribution in [0.2, 0.25) is 0 Å². The molecule has 0 radical (unpaired) electrons. The second-order valence-electron chi connectivity index (χ2n) is 3.97. The predicted molar refractivity (Wildman–Crippen MR) is 75.3 cm³/mol. The normalized spacial score (nSPS) is 10.1. The van der Waals surface area contributed by atoms with Crippen molar-refractivity contribution in [3.05, 3.63) is 23.8 Å². The zero-order chi connectivity index (χ0) is 15.0. The lowest BCUT2D eigenvalue weighted by Crippen LogP contribution is -2.20. The zero-order valence-corrected chi connectivity index (χ0v) is 11.3. The van der Waals surface area contributed by atoms with Gasteiger partial charge < -0.3 is 26.3 Å². The molecule has 0 aliphatic rings. The van der Waals surface area contributed by atoms with Crippen molar-refractivity contribution in [2.75, 3.05) is 37.4 Å². The summed E-state index contributed by atoms with van der Waals surface area (Å²) in [6.45, 7) is 2.73. The van der Waals surface area contributed by atoms with E-state index in [1.807, 2.05) is 0 Å². The Balaban J connectivity index is 2.47. The third-order valence-electron chi connectivity index (χ3n) is 2.37. The van der Waals surface area contributed by atoms with Crippen LogP contribution in [0, 0.1) is 0 Å². The molecule has 0 atom stereocenters.